The molecule has 2 aromatic carbocycles. The molecule has 5 unspecified atom stereocenters. The number of benzene rings is 2. The molecule has 2 amide bonds. The molecule has 0 radical (unpaired) electrons. The maximum atomic E-state index is 13.1. The monoisotopic (exact) mass is 591 g/mol. The van der Waals surface area contributed by atoms with Crippen LogP contribution in [0.2, 0.25) is 0 Å². The van der Waals surface area contributed by atoms with E-state index < -0.39 is 24.2 Å². The van der Waals surface area contributed by atoms with Crippen molar-refractivity contribution in [1.29, 1.82) is 0 Å². The highest BCUT2D eigenvalue weighted by atomic mass is 16.6. The van der Waals surface area contributed by atoms with Gasteiger partial charge in [-0.05, 0) is 50.2 Å². The number of nitrogens with two attached hydrogens (primary N) is 1. The molecule has 9 nitrogen and oxygen atoms in total. The summed E-state index contributed by atoms with van der Waals surface area (Å²) in [6.07, 6.45) is 6.31. The Bertz CT molecular complexity index is 1370. The van der Waals surface area contributed by atoms with E-state index in [0.29, 0.717) is 42.6 Å². The number of hydrogen-bond donors (Lipinski definition) is 6. The number of aliphatic hydroxyl groups is 1. The number of nitrogens with one attached hydrogen (secondary N) is 2. The van der Waals surface area contributed by atoms with Crippen molar-refractivity contribution in [3.05, 3.63) is 83.0 Å². The van der Waals surface area contributed by atoms with E-state index in [0.717, 1.165) is 11.1 Å². The number of hydrogen-bond acceptors (Lipinski definition) is 7. The van der Waals surface area contributed by atoms with Gasteiger partial charge in [0.25, 0.3) is 5.91 Å². The first kappa shape index (κ1) is 33.3. The SMILES string of the molecule is CC1=CC=CC(C)C(OC(N)=O)C(C)=CC(C)C(O)CCC(C)Cc2c(O)c(cc(O)c2NCc2ccccc2)NC1=O. The van der Waals surface area contributed by atoms with Crippen LogP contribution in [0.3, 0.4) is 0 Å². The highest BCUT2D eigenvalue weighted by Gasteiger charge is 2.25. The van der Waals surface area contributed by atoms with Crippen LogP contribution in [0.15, 0.2) is 71.8 Å². The number of fused-ring (bicyclic) bond motifs is 2. The van der Waals surface area contributed by atoms with Crippen molar-refractivity contribution in [2.45, 2.75) is 72.6 Å². The highest BCUT2D eigenvalue weighted by molar-refractivity contribution is 6.04. The van der Waals surface area contributed by atoms with E-state index in [1.807, 2.05) is 64.1 Å². The molecule has 2 bridgehead atoms. The first-order valence-electron chi connectivity index (χ1n) is 14.7. The fourth-order valence-electron chi connectivity index (χ4n) is 5.29. The van der Waals surface area contributed by atoms with Gasteiger partial charge in [0.05, 0.1) is 17.5 Å². The molecule has 7 N–H and O–H groups in total. The second kappa shape index (κ2) is 15.3. The van der Waals surface area contributed by atoms with Gasteiger partial charge in [0.1, 0.15) is 17.6 Å². The van der Waals surface area contributed by atoms with Crippen LogP contribution in [0, 0.1) is 17.8 Å². The maximum Gasteiger partial charge on any atom is 0.405 e. The molecule has 1 heterocycles. The lowest BCUT2D eigenvalue weighted by atomic mass is 9.89. The Morgan fingerprint density at radius 1 is 1.09 bits per heavy atom. The fourth-order valence-corrected chi connectivity index (χ4v) is 5.29. The van der Waals surface area contributed by atoms with Gasteiger partial charge in [-0.3, -0.25) is 4.79 Å². The van der Waals surface area contributed by atoms with Gasteiger partial charge < -0.3 is 36.4 Å². The number of aliphatic hydroxyl groups excluding tert-OH is 1. The third kappa shape index (κ3) is 9.38. The van der Waals surface area contributed by atoms with E-state index in [4.69, 9.17) is 10.5 Å². The van der Waals surface area contributed by atoms with Crippen molar-refractivity contribution in [2.24, 2.45) is 23.5 Å². The Hall–Kier alpha value is -4.24. The number of phenolic OH excluding ortho intramolecular Hbond substituents is 2. The molecule has 0 saturated carbocycles. The Labute approximate surface area is 254 Å². The standard InChI is InChI=1S/C34H45N3O6/c1-20-14-15-28(38)23(4)17-24(5)32(43-34(35)42)21(2)10-9-11-22(3)33(41)37-27-18-29(39)30(26(16-20)31(27)40)36-19-25-12-7-6-8-13-25/h6-13,17-18,20-21,23,28,32,36,38-40H,14-16,19H2,1-5H3,(H2,35,42)(H,37,41). The zero-order chi connectivity index (χ0) is 31.7. The first-order chi connectivity index (χ1) is 20.4. The Kier molecular flexibility index (Phi) is 11.8. The van der Waals surface area contributed by atoms with Crippen LogP contribution in [0.4, 0.5) is 16.2 Å². The van der Waals surface area contributed by atoms with Crippen LogP contribution >= 0.6 is 0 Å². The van der Waals surface area contributed by atoms with E-state index in [9.17, 15) is 24.9 Å². The summed E-state index contributed by atoms with van der Waals surface area (Å²) in [5.74, 6) is -1.16. The van der Waals surface area contributed by atoms with Crippen LogP contribution in [-0.2, 0) is 22.5 Å². The molecule has 0 aliphatic carbocycles. The molecule has 0 fully saturated rings. The van der Waals surface area contributed by atoms with Crippen LogP contribution in [0.25, 0.3) is 0 Å². The minimum atomic E-state index is -0.896. The number of carbonyl (C=O) groups is 2. The van der Waals surface area contributed by atoms with E-state index in [2.05, 4.69) is 10.6 Å². The van der Waals surface area contributed by atoms with Crippen molar-refractivity contribution in [3.63, 3.8) is 0 Å². The van der Waals surface area contributed by atoms with E-state index >= 15 is 0 Å². The largest absolute Gasteiger partial charge is 0.506 e. The van der Waals surface area contributed by atoms with Crippen molar-refractivity contribution < 1.29 is 29.6 Å². The molecular weight excluding hydrogens is 546 g/mol. The average Bonchev–Trinajstić information content (AvgIpc) is 2.96. The molecule has 5 atom stereocenters. The van der Waals surface area contributed by atoms with Crippen LogP contribution < -0.4 is 16.4 Å². The maximum absolute atomic E-state index is 13.1. The summed E-state index contributed by atoms with van der Waals surface area (Å²) in [7, 11) is 0. The van der Waals surface area contributed by atoms with Gasteiger partial charge in [-0.15, -0.1) is 0 Å². The van der Waals surface area contributed by atoms with Crippen LogP contribution in [0.5, 0.6) is 11.5 Å². The average molecular weight is 592 g/mol. The van der Waals surface area contributed by atoms with E-state index in [1.54, 1.807) is 25.2 Å². The molecule has 232 valence electrons. The van der Waals surface area contributed by atoms with Gasteiger partial charge in [-0.2, -0.15) is 0 Å². The lowest BCUT2D eigenvalue weighted by Gasteiger charge is -2.25. The number of carbonyl (C=O) groups excluding carboxylic acids is 2. The Balaban J connectivity index is 2.01. The number of amides is 2. The third-order valence-electron chi connectivity index (χ3n) is 7.87. The van der Waals surface area contributed by atoms with E-state index in [-0.39, 0.29) is 34.9 Å². The Morgan fingerprint density at radius 3 is 2.47 bits per heavy atom. The number of primary amides is 1. The molecule has 43 heavy (non-hydrogen) atoms. The van der Waals surface area contributed by atoms with Crippen molar-refractivity contribution in [3.8, 4) is 11.5 Å². The van der Waals surface area contributed by atoms with Gasteiger partial charge in [-0.25, -0.2) is 4.79 Å². The summed E-state index contributed by atoms with van der Waals surface area (Å²) in [6, 6.07) is 11.0. The number of rotatable bonds is 4. The number of ether oxygens (including phenoxy) is 1. The smallest absolute Gasteiger partial charge is 0.405 e. The number of phenols is 2. The number of aromatic hydroxyl groups is 2. The quantitative estimate of drug-likeness (QED) is 0.141. The summed E-state index contributed by atoms with van der Waals surface area (Å²) in [5, 5.41) is 39.4. The van der Waals surface area contributed by atoms with Crippen molar-refractivity contribution in [2.75, 3.05) is 10.6 Å². The molecular formula is C34H45N3O6. The Morgan fingerprint density at radius 2 is 1.79 bits per heavy atom. The fraction of sp³-hybridized carbons (Fsp3) is 0.412. The lowest BCUT2D eigenvalue weighted by Crippen LogP contribution is -2.29. The molecule has 0 aromatic heterocycles. The summed E-state index contributed by atoms with van der Waals surface area (Å²) in [5.41, 5.74) is 8.45. The van der Waals surface area contributed by atoms with Crippen molar-refractivity contribution >= 4 is 23.4 Å². The van der Waals surface area contributed by atoms with Gasteiger partial charge in [0, 0.05) is 35.6 Å². The molecule has 2 aromatic rings. The zero-order valence-corrected chi connectivity index (χ0v) is 25.6. The van der Waals surface area contributed by atoms with Gasteiger partial charge in [0.15, 0.2) is 0 Å². The molecule has 1 aliphatic heterocycles. The predicted octanol–water partition coefficient (Wildman–Crippen LogP) is 6.17. The van der Waals surface area contributed by atoms with Crippen LogP contribution in [0.1, 0.15) is 58.6 Å². The van der Waals surface area contributed by atoms with Gasteiger partial charge in [0.2, 0.25) is 0 Å². The highest BCUT2D eigenvalue weighted by Crippen LogP contribution is 2.42. The second-order valence-corrected chi connectivity index (χ2v) is 11.6. The number of anilines is 2. The van der Waals surface area contributed by atoms with Crippen LogP contribution in [-0.4, -0.2) is 39.5 Å². The normalized spacial score (nSPS) is 24.0. The predicted molar refractivity (Wildman–Crippen MR) is 170 cm³/mol. The molecule has 1 aliphatic rings. The summed E-state index contributed by atoms with van der Waals surface area (Å²) >= 11 is 0. The second-order valence-electron chi connectivity index (χ2n) is 11.6. The topological polar surface area (TPSA) is 154 Å². The lowest BCUT2D eigenvalue weighted by molar-refractivity contribution is -0.112. The minimum Gasteiger partial charge on any atom is -0.506 e. The number of allylic oxidation sites excluding steroid dienone is 2. The molecule has 0 spiro atoms. The summed E-state index contributed by atoms with van der Waals surface area (Å²) < 4.78 is 5.41. The van der Waals surface area contributed by atoms with Gasteiger partial charge >= 0.3 is 6.09 Å². The summed E-state index contributed by atoms with van der Waals surface area (Å²) in [6.45, 7) is 9.69. The van der Waals surface area contributed by atoms with Gasteiger partial charge in [-0.1, -0.05) is 75.4 Å². The first-order valence-corrected chi connectivity index (χ1v) is 14.7. The third-order valence-corrected chi connectivity index (χ3v) is 7.87. The van der Waals surface area contributed by atoms with Crippen molar-refractivity contribution in [1.82, 2.24) is 0 Å². The summed E-state index contributed by atoms with van der Waals surface area (Å²) in [4.78, 5) is 24.7. The molecule has 9 heteroatoms. The molecule has 3 rings (SSSR count). The minimum absolute atomic E-state index is 0.0133. The van der Waals surface area contributed by atoms with E-state index in [1.165, 1.54) is 6.07 Å². The molecule has 0 saturated heterocycles. The zero-order valence-electron chi connectivity index (χ0n) is 25.6.